The van der Waals surface area contributed by atoms with E-state index in [2.05, 4.69) is 15.6 Å². The molecule has 0 aliphatic heterocycles. The molecule has 0 bridgehead atoms. The van der Waals surface area contributed by atoms with E-state index in [0.29, 0.717) is 12.0 Å². The standard InChI is InChI=1S/C28H30FN3O4/c1-18(27(35)36)16-24(26(34)32-28(2,3)17-19-7-13-22(29)14-8-19)31-25(33)21-11-9-20(10-12-21)23-6-4-5-15-30-23/h4-15,18,24H,16-17H2,1-3H3,(H,31,33)(H,32,34)(H,35,36)/t18-,24-/m0/s1. The Labute approximate surface area is 209 Å². The molecule has 1 heterocycles. The van der Waals surface area contributed by atoms with Crippen LogP contribution in [0.3, 0.4) is 0 Å². The van der Waals surface area contributed by atoms with Crippen molar-refractivity contribution in [3.8, 4) is 11.3 Å². The van der Waals surface area contributed by atoms with E-state index < -0.39 is 35.3 Å². The van der Waals surface area contributed by atoms with Crippen molar-refractivity contribution in [2.24, 2.45) is 5.92 Å². The predicted octanol–water partition coefficient (Wildman–Crippen LogP) is 4.23. The third kappa shape index (κ3) is 7.46. The Bertz CT molecular complexity index is 1200. The molecule has 0 fully saturated rings. The summed E-state index contributed by atoms with van der Waals surface area (Å²) in [5.41, 5.74) is 2.04. The van der Waals surface area contributed by atoms with Gasteiger partial charge in [-0.1, -0.05) is 37.3 Å². The maximum absolute atomic E-state index is 13.2. The van der Waals surface area contributed by atoms with Crippen molar-refractivity contribution in [3.05, 3.63) is 89.9 Å². The lowest BCUT2D eigenvalue weighted by Gasteiger charge is -2.30. The van der Waals surface area contributed by atoms with Crippen LogP contribution >= 0.6 is 0 Å². The highest BCUT2D eigenvalue weighted by Gasteiger charge is 2.30. The van der Waals surface area contributed by atoms with Gasteiger partial charge in [-0.2, -0.15) is 0 Å². The summed E-state index contributed by atoms with van der Waals surface area (Å²) in [6.07, 6.45) is 2.02. The molecule has 2 amide bonds. The highest BCUT2D eigenvalue weighted by molar-refractivity contribution is 5.98. The maximum atomic E-state index is 13.2. The molecule has 3 rings (SSSR count). The van der Waals surface area contributed by atoms with Crippen LogP contribution in [0.15, 0.2) is 72.9 Å². The summed E-state index contributed by atoms with van der Waals surface area (Å²) in [6.45, 7) is 5.11. The van der Waals surface area contributed by atoms with E-state index in [9.17, 15) is 23.9 Å². The molecule has 0 aliphatic carbocycles. The molecule has 0 unspecified atom stereocenters. The van der Waals surface area contributed by atoms with Crippen molar-refractivity contribution < 1.29 is 23.9 Å². The number of carboxylic acid groups (broad SMARTS) is 1. The Morgan fingerprint density at radius 1 is 1.00 bits per heavy atom. The predicted molar refractivity (Wildman–Crippen MR) is 135 cm³/mol. The number of aliphatic carboxylic acids is 1. The molecule has 0 radical (unpaired) electrons. The fraction of sp³-hybridized carbons (Fsp3) is 0.286. The summed E-state index contributed by atoms with van der Waals surface area (Å²) in [5.74, 6) is -3.25. The monoisotopic (exact) mass is 491 g/mol. The smallest absolute Gasteiger partial charge is 0.306 e. The van der Waals surface area contributed by atoms with Crippen LogP contribution in [-0.4, -0.2) is 39.5 Å². The summed E-state index contributed by atoms with van der Waals surface area (Å²) in [5, 5.41) is 15.0. The molecule has 0 saturated heterocycles. The zero-order valence-electron chi connectivity index (χ0n) is 20.5. The van der Waals surface area contributed by atoms with Crippen LogP contribution in [0, 0.1) is 11.7 Å². The molecule has 2 aromatic carbocycles. The molecular weight excluding hydrogens is 461 g/mol. The summed E-state index contributed by atoms with van der Waals surface area (Å²) in [4.78, 5) is 41.9. The van der Waals surface area contributed by atoms with Crippen LogP contribution in [0.2, 0.25) is 0 Å². The Morgan fingerprint density at radius 3 is 2.25 bits per heavy atom. The highest BCUT2D eigenvalue weighted by Crippen LogP contribution is 2.18. The van der Waals surface area contributed by atoms with Gasteiger partial charge in [0, 0.05) is 22.9 Å². The van der Waals surface area contributed by atoms with E-state index in [4.69, 9.17) is 0 Å². The van der Waals surface area contributed by atoms with Gasteiger partial charge < -0.3 is 15.7 Å². The van der Waals surface area contributed by atoms with Crippen LogP contribution < -0.4 is 10.6 Å². The highest BCUT2D eigenvalue weighted by atomic mass is 19.1. The number of hydrogen-bond donors (Lipinski definition) is 3. The average Bonchev–Trinajstić information content (AvgIpc) is 2.85. The second-order valence-corrected chi connectivity index (χ2v) is 9.47. The molecule has 36 heavy (non-hydrogen) atoms. The molecule has 3 aromatic rings. The third-order valence-corrected chi connectivity index (χ3v) is 5.76. The Balaban J connectivity index is 1.72. The lowest BCUT2D eigenvalue weighted by Crippen LogP contribution is -2.54. The molecule has 1 aromatic heterocycles. The first kappa shape index (κ1) is 26.5. The van der Waals surface area contributed by atoms with Crippen LogP contribution in [0.4, 0.5) is 4.39 Å². The number of benzene rings is 2. The van der Waals surface area contributed by atoms with E-state index >= 15 is 0 Å². The van der Waals surface area contributed by atoms with E-state index in [0.717, 1.165) is 16.8 Å². The van der Waals surface area contributed by atoms with Crippen LogP contribution in [0.1, 0.15) is 43.1 Å². The first-order valence-corrected chi connectivity index (χ1v) is 11.7. The van der Waals surface area contributed by atoms with Crippen LogP contribution in [0.5, 0.6) is 0 Å². The molecule has 3 N–H and O–H groups in total. The minimum atomic E-state index is -1.06. The number of nitrogens with zero attached hydrogens (tertiary/aromatic N) is 1. The van der Waals surface area contributed by atoms with Gasteiger partial charge in [0.15, 0.2) is 0 Å². The van der Waals surface area contributed by atoms with Gasteiger partial charge in [-0.25, -0.2) is 4.39 Å². The fourth-order valence-corrected chi connectivity index (χ4v) is 3.83. The minimum Gasteiger partial charge on any atom is -0.481 e. The van der Waals surface area contributed by atoms with Crippen LogP contribution in [-0.2, 0) is 16.0 Å². The summed E-state index contributed by atoms with van der Waals surface area (Å²) in [7, 11) is 0. The van der Waals surface area contributed by atoms with E-state index in [1.807, 2.05) is 32.0 Å². The minimum absolute atomic E-state index is 0.0778. The quantitative estimate of drug-likeness (QED) is 0.393. The molecular formula is C28H30FN3O4. The molecule has 188 valence electrons. The Hall–Kier alpha value is -4.07. The zero-order chi connectivity index (χ0) is 26.3. The van der Waals surface area contributed by atoms with E-state index in [1.165, 1.54) is 19.1 Å². The van der Waals surface area contributed by atoms with Crippen molar-refractivity contribution in [1.29, 1.82) is 0 Å². The Morgan fingerprint density at radius 2 is 1.67 bits per heavy atom. The number of carboxylic acids is 1. The molecule has 7 nitrogen and oxygen atoms in total. The number of carbonyl (C=O) groups is 3. The summed E-state index contributed by atoms with van der Waals surface area (Å²) < 4.78 is 13.2. The lowest BCUT2D eigenvalue weighted by atomic mass is 9.93. The topological polar surface area (TPSA) is 108 Å². The number of carbonyl (C=O) groups excluding carboxylic acids is 2. The summed E-state index contributed by atoms with van der Waals surface area (Å²) >= 11 is 0. The van der Waals surface area contributed by atoms with Gasteiger partial charge in [0.05, 0.1) is 11.6 Å². The maximum Gasteiger partial charge on any atom is 0.306 e. The average molecular weight is 492 g/mol. The van der Waals surface area contributed by atoms with Gasteiger partial charge in [-0.3, -0.25) is 19.4 Å². The van der Waals surface area contributed by atoms with Gasteiger partial charge in [0.1, 0.15) is 11.9 Å². The van der Waals surface area contributed by atoms with Crippen molar-refractivity contribution >= 4 is 17.8 Å². The molecule has 8 heteroatoms. The van der Waals surface area contributed by atoms with Crippen molar-refractivity contribution in [1.82, 2.24) is 15.6 Å². The molecule has 0 aliphatic rings. The third-order valence-electron chi connectivity index (χ3n) is 5.76. The van der Waals surface area contributed by atoms with Crippen molar-refractivity contribution in [2.45, 2.75) is 45.2 Å². The number of aromatic nitrogens is 1. The lowest BCUT2D eigenvalue weighted by molar-refractivity contribution is -0.141. The molecule has 0 saturated carbocycles. The largest absolute Gasteiger partial charge is 0.481 e. The second kappa shape index (κ2) is 11.6. The molecule has 2 atom stereocenters. The van der Waals surface area contributed by atoms with Gasteiger partial charge in [0.25, 0.3) is 5.91 Å². The number of rotatable bonds is 10. The number of nitrogens with one attached hydrogen (secondary N) is 2. The van der Waals surface area contributed by atoms with E-state index in [1.54, 1.807) is 42.6 Å². The van der Waals surface area contributed by atoms with Crippen molar-refractivity contribution in [2.75, 3.05) is 0 Å². The zero-order valence-corrected chi connectivity index (χ0v) is 20.5. The number of hydrogen-bond acceptors (Lipinski definition) is 4. The normalized spacial score (nSPS) is 12.9. The van der Waals surface area contributed by atoms with E-state index in [-0.39, 0.29) is 12.2 Å². The first-order chi connectivity index (χ1) is 17.0. The Kier molecular flexibility index (Phi) is 8.53. The van der Waals surface area contributed by atoms with Gasteiger partial charge >= 0.3 is 5.97 Å². The first-order valence-electron chi connectivity index (χ1n) is 11.7. The molecule has 0 spiro atoms. The van der Waals surface area contributed by atoms with Gasteiger partial charge in [-0.05, 0) is 68.7 Å². The van der Waals surface area contributed by atoms with Gasteiger partial charge in [-0.15, -0.1) is 0 Å². The van der Waals surface area contributed by atoms with Gasteiger partial charge in [0.2, 0.25) is 5.91 Å². The summed E-state index contributed by atoms with van der Waals surface area (Å²) in [6, 6.07) is 17.3. The SMILES string of the molecule is C[C@@H](C[C@H](NC(=O)c1ccc(-c2ccccn2)cc1)C(=O)NC(C)(C)Cc1ccc(F)cc1)C(=O)O. The van der Waals surface area contributed by atoms with Crippen molar-refractivity contribution in [3.63, 3.8) is 0 Å². The second-order valence-electron chi connectivity index (χ2n) is 9.47. The number of pyridine rings is 1. The fourth-order valence-electron chi connectivity index (χ4n) is 3.83. The number of amides is 2. The number of halogens is 1. The van der Waals surface area contributed by atoms with Crippen LogP contribution in [0.25, 0.3) is 11.3 Å².